The minimum absolute atomic E-state index is 0.0183. The predicted octanol–water partition coefficient (Wildman–Crippen LogP) is 4.05. The van der Waals surface area contributed by atoms with Crippen LogP contribution in [-0.4, -0.2) is 41.7 Å². The summed E-state index contributed by atoms with van der Waals surface area (Å²) in [4.78, 5) is 14.8. The molecule has 9 heteroatoms. The van der Waals surface area contributed by atoms with Gasteiger partial charge in [0.25, 0.3) is 0 Å². The summed E-state index contributed by atoms with van der Waals surface area (Å²) >= 11 is 0. The lowest BCUT2D eigenvalue weighted by Gasteiger charge is -2.29. The zero-order valence-corrected chi connectivity index (χ0v) is 20.8. The van der Waals surface area contributed by atoms with Crippen molar-refractivity contribution in [2.24, 2.45) is 11.3 Å². The quantitative estimate of drug-likeness (QED) is 0.618. The zero-order valence-electron chi connectivity index (χ0n) is 20.0. The lowest BCUT2D eigenvalue weighted by Crippen LogP contribution is -2.43. The lowest BCUT2D eigenvalue weighted by atomic mass is 9.92. The van der Waals surface area contributed by atoms with Crippen molar-refractivity contribution in [2.75, 3.05) is 37.0 Å². The summed E-state index contributed by atoms with van der Waals surface area (Å²) in [6.45, 7) is 8.53. The fraction of sp³-hybridized carbons (Fsp3) is 0.458. The summed E-state index contributed by atoms with van der Waals surface area (Å²) < 4.78 is 44.7. The second-order valence-corrected chi connectivity index (χ2v) is 11.0. The van der Waals surface area contributed by atoms with Gasteiger partial charge in [-0.1, -0.05) is 13.8 Å². The van der Waals surface area contributed by atoms with Gasteiger partial charge in [-0.05, 0) is 49.6 Å². The molecule has 33 heavy (non-hydrogen) atoms. The van der Waals surface area contributed by atoms with E-state index in [0.29, 0.717) is 40.7 Å². The number of ether oxygens (including phenoxy) is 3. The van der Waals surface area contributed by atoms with E-state index in [-0.39, 0.29) is 24.2 Å². The first-order valence-electron chi connectivity index (χ1n) is 10.8. The third-order valence-electron chi connectivity index (χ3n) is 5.25. The summed E-state index contributed by atoms with van der Waals surface area (Å²) in [5.74, 6) is 1.47. The topological polar surface area (TPSA) is 94.2 Å². The molecule has 0 saturated carbocycles. The minimum Gasteiger partial charge on any atom is -0.497 e. The molecule has 2 aromatic rings. The van der Waals surface area contributed by atoms with E-state index in [0.717, 1.165) is 0 Å². The lowest BCUT2D eigenvalue weighted by molar-refractivity contribution is -0.127. The minimum atomic E-state index is -3.74. The van der Waals surface area contributed by atoms with E-state index in [9.17, 15) is 13.2 Å². The van der Waals surface area contributed by atoms with E-state index in [4.69, 9.17) is 14.2 Å². The molecule has 1 heterocycles. The Morgan fingerprint density at radius 3 is 2.30 bits per heavy atom. The van der Waals surface area contributed by atoms with Gasteiger partial charge >= 0.3 is 0 Å². The van der Waals surface area contributed by atoms with E-state index in [1.807, 2.05) is 27.7 Å². The van der Waals surface area contributed by atoms with E-state index in [1.165, 1.54) is 14.2 Å². The molecule has 0 bridgehead atoms. The largest absolute Gasteiger partial charge is 0.497 e. The second kappa shape index (κ2) is 9.51. The number of nitrogens with zero attached hydrogens (tertiary/aromatic N) is 1. The van der Waals surface area contributed by atoms with Crippen LogP contribution < -0.4 is 23.8 Å². The normalized spacial score (nSPS) is 15.5. The number of hydrogen-bond donors (Lipinski definition) is 1. The monoisotopic (exact) mass is 476 g/mol. The number of amides is 1. The van der Waals surface area contributed by atoms with Crippen LogP contribution in [-0.2, 0) is 20.6 Å². The Bertz CT molecular complexity index is 1110. The molecule has 0 unspecified atom stereocenters. The molecule has 1 amide bonds. The molecule has 0 spiro atoms. The molecular formula is C24H32N2O6S. The van der Waals surface area contributed by atoms with Crippen LogP contribution in [0.5, 0.6) is 17.2 Å². The third kappa shape index (κ3) is 5.90. The fourth-order valence-electron chi connectivity index (χ4n) is 3.64. The standard InChI is InChI=1S/C24H32N2O6S/c1-16(2)13-26-21-8-7-18(11-22(21)32-15-24(3,4)23(26)27)25-33(28,29)14-17-9-19(30-5)12-20(10-17)31-6/h7-12,16,25H,13-15H2,1-6H3. The summed E-state index contributed by atoms with van der Waals surface area (Å²) in [5.41, 5.74) is 0.833. The van der Waals surface area contributed by atoms with Crippen molar-refractivity contribution < 1.29 is 27.4 Å². The van der Waals surface area contributed by atoms with Gasteiger partial charge in [0, 0.05) is 18.7 Å². The van der Waals surface area contributed by atoms with Crippen LogP contribution in [0.25, 0.3) is 0 Å². The van der Waals surface area contributed by atoms with Crippen molar-refractivity contribution in [1.82, 2.24) is 0 Å². The zero-order chi connectivity index (χ0) is 24.4. The Morgan fingerprint density at radius 2 is 1.73 bits per heavy atom. The van der Waals surface area contributed by atoms with Gasteiger partial charge in [-0.15, -0.1) is 0 Å². The van der Waals surface area contributed by atoms with Gasteiger partial charge in [-0.3, -0.25) is 9.52 Å². The molecule has 0 fully saturated rings. The number of hydrogen-bond acceptors (Lipinski definition) is 6. The van der Waals surface area contributed by atoms with Gasteiger partial charge in [-0.25, -0.2) is 8.42 Å². The van der Waals surface area contributed by atoms with Gasteiger partial charge < -0.3 is 19.1 Å². The highest BCUT2D eigenvalue weighted by atomic mass is 32.2. The van der Waals surface area contributed by atoms with Gasteiger partial charge in [0.2, 0.25) is 15.9 Å². The number of rotatable bonds is 8. The number of benzene rings is 2. The van der Waals surface area contributed by atoms with Crippen molar-refractivity contribution in [3.05, 3.63) is 42.0 Å². The number of sulfonamides is 1. The molecule has 1 N–H and O–H groups in total. The van der Waals surface area contributed by atoms with Crippen LogP contribution in [0, 0.1) is 11.3 Å². The second-order valence-electron chi connectivity index (χ2n) is 9.25. The third-order valence-corrected chi connectivity index (χ3v) is 6.51. The molecule has 0 radical (unpaired) electrons. The SMILES string of the molecule is COc1cc(CS(=O)(=O)Nc2ccc3c(c2)OCC(C)(C)C(=O)N3CC(C)C)cc(OC)c1. The Balaban J connectivity index is 1.87. The highest BCUT2D eigenvalue weighted by Crippen LogP contribution is 2.39. The summed E-state index contributed by atoms with van der Waals surface area (Å²) in [6, 6.07) is 9.98. The molecule has 3 rings (SSSR count). The van der Waals surface area contributed by atoms with Gasteiger partial charge in [0.15, 0.2) is 0 Å². The first-order valence-corrected chi connectivity index (χ1v) is 12.4. The van der Waals surface area contributed by atoms with Crippen LogP contribution in [0.3, 0.4) is 0 Å². The van der Waals surface area contributed by atoms with E-state index in [1.54, 1.807) is 41.3 Å². The van der Waals surface area contributed by atoms with Crippen LogP contribution in [0.1, 0.15) is 33.3 Å². The van der Waals surface area contributed by atoms with Crippen LogP contribution in [0.2, 0.25) is 0 Å². The maximum atomic E-state index is 13.1. The molecule has 0 saturated heterocycles. The van der Waals surface area contributed by atoms with Crippen molar-refractivity contribution in [3.63, 3.8) is 0 Å². The van der Waals surface area contributed by atoms with E-state index < -0.39 is 15.4 Å². The predicted molar refractivity (Wildman–Crippen MR) is 129 cm³/mol. The number of carbonyl (C=O) groups excluding carboxylic acids is 1. The van der Waals surface area contributed by atoms with E-state index in [2.05, 4.69) is 4.72 Å². The summed E-state index contributed by atoms with van der Waals surface area (Å²) in [6.07, 6.45) is 0. The van der Waals surface area contributed by atoms with Crippen LogP contribution >= 0.6 is 0 Å². The molecule has 180 valence electrons. The summed E-state index contributed by atoms with van der Waals surface area (Å²) in [7, 11) is -0.718. The highest BCUT2D eigenvalue weighted by molar-refractivity contribution is 7.91. The molecule has 0 atom stereocenters. The number of methoxy groups -OCH3 is 2. The Hall–Kier alpha value is -2.94. The first-order chi connectivity index (χ1) is 15.4. The Kier molecular flexibility index (Phi) is 7.11. The van der Waals surface area contributed by atoms with Gasteiger partial charge in [0.1, 0.15) is 23.9 Å². The fourth-order valence-corrected chi connectivity index (χ4v) is 4.81. The van der Waals surface area contributed by atoms with Gasteiger partial charge in [-0.2, -0.15) is 0 Å². The summed E-state index contributed by atoms with van der Waals surface area (Å²) in [5, 5.41) is 0. The highest BCUT2D eigenvalue weighted by Gasteiger charge is 2.38. The maximum absolute atomic E-state index is 13.1. The number of carbonyl (C=O) groups is 1. The Labute approximate surface area is 195 Å². The smallest absolute Gasteiger partial charge is 0.236 e. The molecule has 0 aliphatic carbocycles. The van der Waals surface area contributed by atoms with Crippen molar-refractivity contribution in [2.45, 2.75) is 33.4 Å². The molecule has 0 aromatic heterocycles. The van der Waals surface area contributed by atoms with Gasteiger partial charge in [0.05, 0.1) is 36.8 Å². The number of anilines is 2. The average molecular weight is 477 g/mol. The van der Waals surface area contributed by atoms with Crippen molar-refractivity contribution >= 4 is 27.3 Å². The van der Waals surface area contributed by atoms with Crippen molar-refractivity contribution in [1.29, 1.82) is 0 Å². The average Bonchev–Trinajstić information content (AvgIpc) is 2.82. The number of fused-ring (bicyclic) bond motifs is 1. The number of nitrogens with one attached hydrogen (secondary N) is 1. The Morgan fingerprint density at radius 1 is 1.09 bits per heavy atom. The van der Waals surface area contributed by atoms with Crippen molar-refractivity contribution in [3.8, 4) is 17.2 Å². The molecule has 1 aliphatic rings. The molecule has 2 aromatic carbocycles. The molecule has 1 aliphatic heterocycles. The van der Waals surface area contributed by atoms with E-state index >= 15 is 0 Å². The first kappa shape index (κ1) is 24.7. The molecular weight excluding hydrogens is 444 g/mol. The van der Waals surface area contributed by atoms with Crippen LogP contribution in [0.15, 0.2) is 36.4 Å². The maximum Gasteiger partial charge on any atom is 0.236 e. The van der Waals surface area contributed by atoms with Crippen LogP contribution in [0.4, 0.5) is 11.4 Å². The molecule has 8 nitrogen and oxygen atoms in total.